The van der Waals surface area contributed by atoms with E-state index in [4.69, 9.17) is 16.3 Å². The van der Waals surface area contributed by atoms with E-state index in [1.54, 1.807) is 13.3 Å². The summed E-state index contributed by atoms with van der Waals surface area (Å²) >= 11 is 6.40. The van der Waals surface area contributed by atoms with Crippen LogP contribution in [0, 0.1) is 0 Å². The zero-order valence-corrected chi connectivity index (χ0v) is 12.7. The first kappa shape index (κ1) is 14.8. The van der Waals surface area contributed by atoms with Crippen molar-refractivity contribution in [2.75, 3.05) is 13.7 Å². The molecule has 3 nitrogen and oxygen atoms in total. The smallest absolute Gasteiger partial charge is 0.145 e. The molecule has 0 spiro atoms. The number of rotatable bonds is 5. The number of halogens is 1. The van der Waals surface area contributed by atoms with Crippen LogP contribution in [0.4, 0.5) is 0 Å². The van der Waals surface area contributed by atoms with Crippen molar-refractivity contribution in [1.82, 2.24) is 10.3 Å². The third kappa shape index (κ3) is 3.11. The zero-order chi connectivity index (χ0) is 14.5. The number of hydrogen-bond donors (Lipinski definition) is 1. The van der Waals surface area contributed by atoms with E-state index >= 15 is 0 Å². The molecule has 0 saturated heterocycles. The third-order valence-electron chi connectivity index (χ3n) is 3.24. The fourth-order valence-corrected chi connectivity index (χ4v) is 2.56. The quantitative estimate of drug-likeness (QED) is 0.901. The van der Waals surface area contributed by atoms with Crippen LogP contribution >= 0.6 is 11.6 Å². The molecule has 1 atom stereocenters. The number of nitrogens with one attached hydrogen (secondary N) is 1. The van der Waals surface area contributed by atoms with Crippen LogP contribution in [0.2, 0.25) is 5.02 Å². The van der Waals surface area contributed by atoms with Gasteiger partial charge in [-0.15, -0.1) is 0 Å². The van der Waals surface area contributed by atoms with Gasteiger partial charge in [0.1, 0.15) is 11.4 Å². The molecule has 0 aliphatic rings. The predicted molar refractivity (Wildman–Crippen MR) is 83.3 cm³/mol. The van der Waals surface area contributed by atoms with E-state index in [2.05, 4.69) is 24.1 Å². The van der Waals surface area contributed by atoms with E-state index in [9.17, 15) is 0 Å². The summed E-state index contributed by atoms with van der Waals surface area (Å²) in [7, 11) is 1.64. The van der Waals surface area contributed by atoms with Crippen molar-refractivity contribution in [3.8, 4) is 17.0 Å². The summed E-state index contributed by atoms with van der Waals surface area (Å²) in [6, 6.07) is 9.98. The lowest BCUT2D eigenvalue weighted by Gasteiger charge is -2.15. The van der Waals surface area contributed by atoms with Gasteiger partial charge in [-0.3, -0.25) is 4.98 Å². The molecule has 2 rings (SSSR count). The van der Waals surface area contributed by atoms with Crippen molar-refractivity contribution in [3.05, 3.63) is 47.1 Å². The molecule has 1 heterocycles. The Bertz CT molecular complexity index is 586. The van der Waals surface area contributed by atoms with Crippen molar-refractivity contribution < 1.29 is 4.74 Å². The Morgan fingerprint density at radius 3 is 2.80 bits per heavy atom. The Morgan fingerprint density at radius 1 is 1.35 bits per heavy atom. The number of aromatic nitrogens is 1. The molecular weight excluding hydrogens is 272 g/mol. The second-order valence-corrected chi connectivity index (χ2v) is 4.98. The molecule has 0 amide bonds. The molecule has 0 saturated carbocycles. The van der Waals surface area contributed by atoms with Gasteiger partial charge in [0.25, 0.3) is 0 Å². The highest BCUT2D eigenvalue weighted by molar-refractivity contribution is 6.31. The van der Waals surface area contributed by atoms with Gasteiger partial charge in [-0.1, -0.05) is 30.7 Å². The van der Waals surface area contributed by atoms with Gasteiger partial charge >= 0.3 is 0 Å². The highest BCUT2D eigenvalue weighted by Gasteiger charge is 2.12. The van der Waals surface area contributed by atoms with Crippen LogP contribution in [0.25, 0.3) is 11.3 Å². The first-order chi connectivity index (χ1) is 9.67. The van der Waals surface area contributed by atoms with Crippen LogP contribution in [0.5, 0.6) is 5.75 Å². The standard InChI is InChI=1S/C16H19ClN2O/c1-4-18-11(2)13-8-7-12(10-14(13)17)16-15(20-3)6-5-9-19-16/h5-11,18H,4H2,1-3H3. The van der Waals surface area contributed by atoms with E-state index in [-0.39, 0.29) is 6.04 Å². The summed E-state index contributed by atoms with van der Waals surface area (Å²) in [5, 5.41) is 4.10. The lowest BCUT2D eigenvalue weighted by molar-refractivity contribution is 0.415. The SMILES string of the molecule is CCNC(C)c1ccc(-c2ncccc2OC)cc1Cl. The molecule has 20 heavy (non-hydrogen) atoms. The van der Waals surface area contributed by atoms with Crippen LogP contribution in [0.15, 0.2) is 36.5 Å². The Kier molecular flexibility index (Phi) is 4.99. The summed E-state index contributed by atoms with van der Waals surface area (Å²) in [5.41, 5.74) is 2.85. The van der Waals surface area contributed by atoms with Crippen LogP contribution < -0.4 is 10.1 Å². The molecule has 1 aromatic carbocycles. The van der Waals surface area contributed by atoms with Gasteiger partial charge in [0, 0.05) is 22.8 Å². The monoisotopic (exact) mass is 290 g/mol. The Balaban J connectivity index is 2.38. The number of ether oxygens (including phenoxy) is 1. The average molecular weight is 291 g/mol. The number of nitrogens with zero attached hydrogens (tertiary/aromatic N) is 1. The number of hydrogen-bond acceptors (Lipinski definition) is 3. The highest BCUT2D eigenvalue weighted by atomic mass is 35.5. The zero-order valence-electron chi connectivity index (χ0n) is 12.0. The second-order valence-electron chi connectivity index (χ2n) is 4.57. The molecule has 0 aliphatic carbocycles. The Morgan fingerprint density at radius 2 is 2.15 bits per heavy atom. The van der Waals surface area contributed by atoms with Crippen LogP contribution in [0.1, 0.15) is 25.5 Å². The van der Waals surface area contributed by atoms with Crippen molar-refractivity contribution in [2.45, 2.75) is 19.9 Å². The molecule has 0 aliphatic heterocycles. The Labute approximate surface area is 124 Å². The fourth-order valence-electron chi connectivity index (χ4n) is 2.21. The van der Waals surface area contributed by atoms with Crippen LogP contribution in [0.3, 0.4) is 0 Å². The lowest BCUT2D eigenvalue weighted by Crippen LogP contribution is -2.17. The normalized spacial score (nSPS) is 12.2. The average Bonchev–Trinajstić information content (AvgIpc) is 2.47. The molecule has 0 radical (unpaired) electrons. The minimum absolute atomic E-state index is 0.229. The maximum absolute atomic E-state index is 6.40. The van der Waals surface area contributed by atoms with Gasteiger partial charge in [0.2, 0.25) is 0 Å². The number of benzene rings is 1. The summed E-state index contributed by atoms with van der Waals surface area (Å²) in [5.74, 6) is 0.746. The van der Waals surface area contributed by atoms with Gasteiger partial charge in [-0.2, -0.15) is 0 Å². The van der Waals surface area contributed by atoms with Crippen molar-refractivity contribution in [2.24, 2.45) is 0 Å². The second kappa shape index (κ2) is 6.73. The molecule has 1 unspecified atom stereocenters. The highest BCUT2D eigenvalue weighted by Crippen LogP contribution is 2.32. The molecule has 0 bridgehead atoms. The van der Waals surface area contributed by atoms with E-state index in [0.717, 1.165) is 34.1 Å². The maximum atomic E-state index is 6.40. The first-order valence-electron chi connectivity index (χ1n) is 6.69. The molecular formula is C16H19ClN2O. The van der Waals surface area contributed by atoms with Crippen molar-refractivity contribution >= 4 is 11.6 Å². The molecule has 106 valence electrons. The van der Waals surface area contributed by atoms with E-state index < -0.39 is 0 Å². The molecule has 0 fully saturated rings. The van der Waals surface area contributed by atoms with Gasteiger partial charge < -0.3 is 10.1 Å². The molecule has 1 aromatic heterocycles. The number of methoxy groups -OCH3 is 1. The first-order valence-corrected chi connectivity index (χ1v) is 7.07. The van der Waals surface area contributed by atoms with Crippen LogP contribution in [-0.4, -0.2) is 18.6 Å². The molecule has 1 N–H and O–H groups in total. The largest absolute Gasteiger partial charge is 0.494 e. The Hall–Kier alpha value is -1.58. The summed E-state index contributed by atoms with van der Waals surface area (Å²) in [4.78, 5) is 4.37. The molecule has 4 heteroatoms. The number of pyridine rings is 1. The minimum atomic E-state index is 0.229. The summed E-state index contributed by atoms with van der Waals surface area (Å²) in [6.07, 6.45) is 1.75. The van der Waals surface area contributed by atoms with Gasteiger partial charge in [0.15, 0.2) is 0 Å². The van der Waals surface area contributed by atoms with Crippen molar-refractivity contribution in [3.63, 3.8) is 0 Å². The van der Waals surface area contributed by atoms with Crippen LogP contribution in [-0.2, 0) is 0 Å². The predicted octanol–water partition coefficient (Wildman–Crippen LogP) is 4.08. The lowest BCUT2D eigenvalue weighted by atomic mass is 10.0. The van der Waals surface area contributed by atoms with E-state index in [1.807, 2.05) is 30.3 Å². The van der Waals surface area contributed by atoms with Gasteiger partial charge in [-0.25, -0.2) is 0 Å². The summed E-state index contributed by atoms with van der Waals surface area (Å²) < 4.78 is 5.34. The van der Waals surface area contributed by atoms with Gasteiger partial charge in [0.05, 0.1) is 7.11 Å². The van der Waals surface area contributed by atoms with Crippen molar-refractivity contribution in [1.29, 1.82) is 0 Å². The van der Waals surface area contributed by atoms with E-state index in [0.29, 0.717) is 0 Å². The maximum Gasteiger partial charge on any atom is 0.145 e. The molecule has 2 aromatic rings. The fraction of sp³-hybridized carbons (Fsp3) is 0.312. The summed E-state index contributed by atoms with van der Waals surface area (Å²) in [6.45, 7) is 5.09. The van der Waals surface area contributed by atoms with E-state index in [1.165, 1.54) is 0 Å². The van der Waals surface area contributed by atoms with Gasteiger partial charge in [-0.05, 0) is 37.2 Å². The minimum Gasteiger partial charge on any atom is -0.494 e. The third-order valence-corrected chi connectivity index (χ3v) is 3.57. The topological polar surface area (TPSA) is 34.2 Å².